The van der Waals surface area contributed by atoms with Crippen LogP contribution in [0.25, 0.3) is 0 Å². The lowest BCUT2D eigenvalue weighted by molar-refractivity contribution is -0.118. The normalized spacial score (nSPS) is 21.4. The van der Waals surface area contributed by atoms with Crippen LogP contribution in [0.5, 0.6) is 0 Å². The van der Waals surface area contributed by atoms with E-state index >= 15 is 0 Å². The van der Waals surface area contributed by atoms with E-state index in [9.17, 15) is 10.1 Å². The van der Waals surface area contributed by atoms with Gasteiger partial charge in [-0.3, -0.25) is 14.7 Å². The molecule has 0 saturated heterocycles. The number of aromatic nitrogens is 1. The van der Waals surface area contributed by atoms with Gasteiger partial charge in [-0.1, -0.05) is 38.1 Å². The first-order valence-corrected chi connectivity index (χ1v) is 9.34. The van der Waals surface area contributed by atoms with Gasteiger partial charge in [-0.05, 0) is 35.6 Å². The van der Waals surface area contributed by atoms with Crippen LogP contribution in [0.1, 0.15) is 38.2 Å². The van der Waals surface area contributed by atoms with Gasteiger partial charge < -0.3 is 5.73 Å². The monoisotopic (exact) mass is 370 g/mol. The van der Waals surface area contributed by atoms with Crippen LogP contribution < -0.4 is 10.6 Å². The number of nitriles is 1. The highest BCUT2D eigenvalue weighted by molar-refractivity contribution is 6.01. The summed E-state index contributed by atoms with van der Waals surface area (Å²) in [6, 6.07) is 15.7. The minimum Gasteiger partial charge on any atom is -0.384 e. The first-order valence-electron chi connectivity index (χ1n) is 9.34. The zero-order valence-corrected chi connectivity index (χ0v) is 16.0. The van der Waals surface area contributed by atoms with E-state index in [1.165, 1.54) is 0 Å². The zero-order valence-electron chi connectivity index (χ0n) is 16.0. The van der Waals surface area contributed by atoms with Gasteiger partial charge in [0, 0.05) is 35.8 Å². The molecular formula is C23H22N4O. The highest BCUT2D eigenvalue weighted by Crippen LogP contribution is 2.49. The van der Waals surface area contributed by atoms with E-state index in [0.29, 0.717) is 29.8 Å². The minimum absolute atomic E-state index is 0.0706. The van der Waals surface area contributed by atoms with E-state index in [-0.39, 0.29) is 11.2 Å². The van der Waals surface area contributed by atoms with E-state index in [1.807, 2.05) is 47.4 Å². The fourth-order valence-corrected chi connectivity index (χ4v) is 4.26. The Morgan fingerprint density at radius 3 is 2.57 bits per heavy atom. The summed E-state index contributed by atoms with van der Waals surface area (Å²) in [5.74, 6) is -0.0228. The largest absolute Gasteiger partial charge is 0.384 e. The number of nitrogens with zero attached hydrogens (tertiary/aromatic N) is 3. The van der Waals surface area contributed by atoms with Crippen molar-refractivity contribution in [1.82, 2.24) is 4.98 Å². The number of anilines is 1. The molecule has 0 fully saturated rings. The van der Waals surface area contributed by atoms with Gasteiger partial charge in [0.1, 0.15) is 5.82 Å². The van der Waals surface area contributed by atoms with Crippen molar-refractivity contribution in [3.8, 4) is 6.07 Å². The van der Waals surface area contributed by atoms with E-state index in [4.69, 9.17) is 5.73 Å². The average molecular weight is 370 g/mol. The summed E-state index contributed by atoms with van der Waals surface area (Å²) < 4.78 is 0. The van der Waals surface area contributed by atoms with Crippen molar-refractivity contribution >= 4 is 11.5 Å². The second-order valence-electron chi connectivity index (χ2n) is 8.10. The Morgan fingerprint density at radius 1 is 1.18 bits per heavy atom. The molecule has 5 heteroatoms. The maximum Gasteiger partial charge on any atom is 0.162 e. The lowest BCUT2D eigenvalue weighted by atomic mass is 9.68. The molecule has 0 unspecified atom stereocenters. The number of rotatable bonds is 2. The Kier molecular flexibility index (Phi) is 4.27. The summed E-state index contributed by atoms with van der Waals surface area (Å²) in [6.07, 6.45) is 4.55. The molecule has 0 spiro atoms. The van der Waals surface area contributed by atoms with Crippen molar-refractivity contribution in [3.05, 3.63) is 83.1 Å². The van der Waals surface area contributed by atoms with Crippen LogP contribution in [0.15, 0.2) is 77.5 Å². The van der Waals surface area contributed by atoms with Crippen molar-refractivity contribution in [1.29, 1.82) is 5.26 Å². The van der Waals surface area contributed by atoms with Crippen molar-refractivity contribution in [2.75, 3.05) is 4.90 Å². The molecule has 140 valence electrons. The van der Waals surface area contributed by atoms with E-state index in [2.05, 4.69) is 24.9 Å². The Labute approximate surface area is 164 Å². The van der Waals surface area contributed by atoms with Crippen LogP contribution in [0.3, 0.4) is 0 Å². The zero-order chi connectivity index (χ0) is 19.9. The molecule has 2 aliphatic rings. The predicted octanol–water partition coefficient (Wildman–Crippen LogP) is 4.02. The molecule has 1 aromatic heterocycles. The van der Waals surface area contributed by atoms with Gasteiger partial charge in [0.15, 0.2) is 5.78 Å². The average Bonchev–Trinajstić information content (AvgIpc) is 2.67. The molecule has 1 aromatic carbocycles. The second kappa shape index (κ2) is 6.65. The third-order valence-corrected chi connectivity index (χ3v) is 5.41. The SMILES string of the molecule is CC1(C)CC(=O)C2=C(C1)N(c1ccccc1)C(N)=C(C#N)[C@@H]2c1cccnc1. The summed E-state index contributed by atoms with van der Waals surface area (Å²) in [5.41, 5.74) is 10.00. The highest BCUT2D eigenvalue weighted by Gasteiger charge is 2.44. The first kappa shape index (κ1) is 18.0. The van der Waals surface area contributed by atoms with E-state index in [0.717, 1.165) is 16.9 Å². The quantitative estimate of drug-likeness (QED) is 0.863. The molecule has 1 aliphatic carbocycles. The Bertz CT molecular complexity index is 1030. The van der Waals surface area contributed by atoms with Crippen LogP contribution in [-0.4, -0.2) is 10.8 Å². The standard InChI is InChI=1S/C23H22N4O/c1-23(2)11-18-21(19(28)12-23)20(15-7-6-10-26-14-15)17(13-24)22(25)27(18)16-8-4-3-5-9-16/h3-10,14,20H,11-12,25H2,1-2H3/t20-/m0/s1. The van der Waals surface area contributed by atoms with Gasteiger partial charge in [0.25, 0.3) is 0 Å². The third kappa shape index (κ3) is 2.87. The van der Waals surface area contributed by atoms with Crippen LogP contribution in [0.4, 0.5) is 5.69 Å². The summed E-state index contributed by atoms with van der Waals surface area (Å²) in [6.45, 7) is 4.19. The number of hydrogen-bond acceptors (Lipinski definition) is 5. The van der Waals surface area contributed by atoms with Gasteiger partial charge in [-0.15, -0.1) is 0 Å². The van der Waals surface area contributed by atoms with Crippen LogP contribution >= 0.6 is 0 Å². The van der Waals surface area contributed by atoms with E-state index < -0.39 is 5.92 Å². The van der Waals surface area contributed by atoms with Crippen molar-refractivity contribution in [3.63, 3.8) is 0 Å². The number of Topliss-reactive ketones (excluding diaryl/α,β-unsaturated/α-hetero) is 1. The van der Waals surface area contributed by atoms with Crippen LogP contribution in [0, 0.1) is 16.7 Å². The number of para-hydroxylation sites is 1. The lowest BCUT2D eigenvalue weighted by Gasteiger charge is -2.43. The van der Waals surface area contributed by atoms with Crippen LogP contribution in [-0.2, 0) is 4.79 Å². The number of carbonyl (C=O) groups excluding carboxylic acids is 1. The molecule has 4 rings (SSSR count). The van der Waals surface area contributed by atoms with Gasteiger partial charge in [-0.2, -0.15) is 5.26 Å². The van der Waals surface area contributed by atoms with Gasteiger partial charge in [0.05, 0.1) is 17.6 Å². The molecule has 2 N–H and O–H groups in total. The summed E-state index contributed by atoms with van der Waals surface area (Å²) in [5, 5.41) is 9.97. The number of carbonyl (C=O) groups is 1. The fourth-order valence-electron chi connectivity index (χ4n) is 4.26. The number of hydrogen-bond donors (Lipinski definition) is 1. The molecule has 1 aliphatic heterocycles. The molecule has 0 bridgehead atoms. The maximum absolute atomic E-state index is 13.3. The minimum atomic E-state index is -0.475. The van der Waals surface area contributed by atoms with Crippen molar-refractivity contribution in [2.24, 2.45) is 11.1 Å². The van der Waals surface area contributed by atoms with Crippen molar-refractivity contribution < 1.29 is 4.79 Å². The number of benzene rings is 1. The fraction of sp³-hybridized carbons (Fsp3) is 0.261. The smallest absolute Gasteiger partial charge is 0.162 e. The molecule has 2 aromatic rings. The number of ketones is 1. The molecule has 0 amide bonds. The number of allylic oxidation sites excluding steroid dienone is 3. The Balaban J connectivity index is 2.00. The molecule has 28 heavy (non-hydrogen) atoms. The number of pyridine rings is 1. The summed E-state index contributed by atoms with van der Waals surface area (Å²) in [7, 11) is 0. The molecule has 5 nitrogen and oxygen atoms in total. The topological polar surface area (TPSA) is 83.0 Å². The molecule has 0 radical (unpaired) electrons. The first-order chi connectivity index (χ1) is 13.4. The van der Waals surface area contributed by atoms with Gasteiger partial charge >= 0.3 is 0 Å². The third-order valence-electron chi connectivity index (χ3n) is 5.41. The Hall–Kier alpha value is -3.39. The van der Waals surface area contributed by atoms with E-state index in [1.54, 1.807) is 12.4 Å². The summed E-state index contributed by atoms with van der Waals surface area (Å²) in [4.78, 5) is 19.4. The van der Waals surface area contributed by atoms with Crippen molar-refractivity contribution in [2.45, 2.75) is 32.6 Å². The molecule has 1 atom stereocenters. The molecule has 0 saturated carbocycles. The molecular weight excluding hydrogens is 348 g/mol. The number of nitrogens with two attached hydrogens (primary N) is 1. The highest BCUT2D eigenvalue weighted by atomic mass is 16.1. The van der Waals surface area contributed by atoms with Gasteiger partial charge in [0.2, 0.25) is 0 Å². The van der Waals surface area contributed by atoms with Crippen LogP contribution in [0.2, 0.25) is 0 Å². The Morgan fingerprint density at radius 2 is 1.93 bits per heavy atom. The summed E-state index contributed by atoms with van der Waals surface area (Å²) >= 11 is 0. The van der Waals surface area contributed by atoms with Gasteiger partial charge in [-0.25, -0.2) is 0 Å². The predicted molar refractivity (Wildman–Crippen MR) is 108 cm³/mol. The molecule has 2 heterocycles. The maximum atomic E-state index is 13.3. The second-order valence-corrected chi connectivity index (χ2v) is 8.10. The lowest BCUT2D eigenvalue weighted by Crippen LogP contribution is -2.42.